The highest BCUT2D eigenvalue weighted by atomic mass is 32.1. The number of furan rings is 1. The van der Waals surface area contributed by atoms with Gasteiger partial charge in [0.25, 0.3) is 0 Å². The van der Waals surface area contributed by atoms with Crippen LogP contribution in [0.2, 0.25) is 0 Å². The van der Waals surface area contributed by atoms with Crippen LogP contribution in [0.1, 0.15) is 36.6 Å². The second kappa shape index (κ2) is 8.63. The summed E-state index contributed by atoms with van der Waals surface area (Å²) in [4.78, 5) is 1.57. The quantitative estimate of drug-likeness (QED) is 0.656. The zero-order valence-electron chi connectivity index (χ0n) is 15.3. The van der Waals surface area contributed by atoms with Crippen LogP contribution < -0.4 is 25.0 Å². The van der Waals surface area contributed by atoms with E-state index in [1.807, 2.05) is 24.3 Å². The van der Waals surface area contributed by atoms with Crippen LogP contribution in [0, 0.1) is 0 Å². The highest BCUT2D eigenvalue weighted by molar-refractivity contribution is 7.80. The van der Waals surface area contributed by atoms with E-state index in [0.717, 1.165) is 29.4 Å². The summed E-state index contributed by atoms with van der Waals surface area (Å²) in [5.41, 5.74) is 1.10. The van der Waals surface area contributed by atoms with Crippen LogP contribution in [-0.2, 0) is 6.54 Å². The zero-order chi connectivity index (χ0) is 18.5. The summed E-state index contributed by atoms with van der Waals surface area (Å²) >= 11 is 5.48. The van der Waals surface area contributed by atoms with Crippen molar-refractivity contribution >= 4 is 17.3 Å². The third-order valence-electron chi connectivity index (χ3n) is 5.23. The van der Waals surface area contributed by atoms with Gasteiger partial charge in [0.15, 0.2) is 28.4 Å². The van der Waals surface area contributed by atoms with Gasteiger partial charge in [-0.1, -0.05) is 6.07 Å². The second-order valence-corrected chi connectivity index (χ2v) is 7.45. The van der Waals surface area contributed by atoms with Crippen LogP contribution in [0.5, 0.6) is 11.5 Å². The van der Waals surface area contributed by atoms with Crippen molar-refractivity contribution in [3.8, 4) is 11.5 Å². The molecule has 0 aliphatic carbocycles. The zero-order valence-corrected chi connectivity index (χ0v) is 16.1. The average molecular weight is 389 g/mol. The number of rotatable bonds is 6. The van der Waals surface area contributed by atoms with Crippen LogP contribution in [-0.4, -0.2) is 31.5 Å². The lowest BCUT2D eigenvalue weighted by atomic mass is 10.1. The van der Waals surface area contributed by atoms with Gasteiger partial charge >= 0.3 is 0 Å². The fourth-order valence-corrected chi connectivity index (χ4v) is 3.94. The van der Waals surface area contributed by atoms with E-state index in [1.54, 1.807) is 11.2 Å². The van der Waals surface area contributed by atoms with Crippen molar-refractivity contribution in [3.05, 3.63) is 47.9 Å². The van der Waals surface area contributed by atoms with E-state index >= 15 is 0 Å². The molecule has 0 bridgehead atoms. The Morgan fingerprint density at radius 3 is 2.74 bits per heavy atom. The maximum Gasteiger partial charge on any atom is 0.231 e. The van der Waals surface area contributed by atoms with Gasteiger partial charge in [-0.05, 0) is 61.3 Å². The fraction of sp³-hybridized carbons (Fsp3) is 0.450. The minimum atomic E-state index is 0.283. The summed E-state index contributed by atoms with van der Waals surface area (Å²) in [6, 6.07) is 10.3. The first kappa shape index (κ1) is 18.1. The Labute approximate surface area is 164 Å². The number of hydrogen-bond acceptors (Lipinski definition) is 4. The number of hydrogen-bond donors (Lipinski definition) is 3. The van der Waals surface area contributed by atoms with E-state index in [9.17, 15) is 0 Å². The minimum Gasteiger partial charge on any atom is -0.463 e. The summed E-state index contributed by atoms with van der Waals surface area (Å²) in [6.07, 6.45) is 5.64. The van der Waals surface area contributed by atoms with E-state index in [-0.39, 0.29) is 6.04 Å². The molecule has 2 aliphatic rings. The Morgan fingerprint density at radius 2 is 1.93 bits per heavy atom. The highest BCUT2D eigenvalue weighted by Gasteiger charge is 2.28. The standard InChI is InChI=1S/C20H25N3O3S/c27-20(21-12-15-6-7-18-19(11-15)26-14-25-18)22-13-16(17-5-4-10-24-17)23-8-2-1-3-9-23/h4-7,10-11,16H,1-3,8-9,12-14H2,(H2,21,22,27)/p+1/t16-/m0/s1. The van der Waals surface area contributed by atoms with Gasteiger partial charge in [-0.25, -0.2) is 0 Å². The van der Waals surface area contributed by atoms with Crippen molar-refractivity contribution in [2.45, 2.75) is 31.8 Å². The van der Waals surface area contributed by atoms with Gasteiger partial charge in [0, 0.05) is 6.54 Å². The molecule has 0 amide bonds. The molecule has 1 atom stereocenters. The van der Waals surface area contributed by atoms with Crippen molar-refractivity contribution in [1.29, 1.82) is 0 Å². The number of nitrogens with one attached hydrogen (secondary N) is 3. The number of quaternary nitrogens is 1. The summed E-state index contributed by atoms with van der Waals surface area (Å²) in [7, 11) is 0. The Morgan fingerprint density at radius 1 is 1.07 bits per heavy atom. The second-order valence-electron chi connectivity index (χ2n) is 7.04. The first-order valence-corrected chi connectivity index (χ1v) is 9.98. The largest absolute Gasteiger partial charge is 0.463 e. The highest BCUT2D eigenvalue weighted by Crippen LogP contribution is 2.32. The molecule has 1 saturated heterocycles. The van der Waals surface area contributed by atoms with Gasteiger partial charge < -0.3 is 29.4 Å². The molecule has 144 valence electrons. The van der Waals surface area contributed by atoms with Crippen LogP contribution in [0.15, 0.2) is 41.0 Å². The molecule has 3 heterocycles. The fourth-order valence-electron chi connectivity index (χ4n) is 3.78. The topological polar surface area (TPSA) is 60.1 Å². The molecule has 1 aromatic carbocycles. The van der Waals surface area contributed by atoms with Gasteiger partial charge in [0.05, 0.1) is 25.9 Å². The molecular weight excluding hydrogens is 362 g/mol. The molecule has 4 rings (SSSR count). The molecular formula is C20H26N3O3S+. The Balaban J connectivity index is 1.30. The SMILES string of the molecule is S=C(NCc1ccc2c(c1)OCO2)NC[C@@H](c1ccco1)[NH+]1CCCCC1. The van der Waals surface area contributed by atoms with Gasteiger partial charge in [0.2, 0.25) is 6.79 Å². The number of fused-ring (bicyclic) bond motifs is 1. The monoisotopic (exact) mass is 388 g/mol. The van der Waals surface area contributed by atoms with E-state index in [0.29, 0.717) is 18.5 Å². The molecule has 0 saturated carbocycles. The normalized spacial score (nSPS) is 17.5. The van der Waals surface area contributed by atoms with Crippen molar-refractivity contribution in [2.75, 3.05) is 26.4 Å². The lowest BCUT2D eigenvalue weighted by Gasteiger charge is -2.30. The number of piperidine rings is 1. The van der Waals surface area contributed by atoms with Gasteiger partial charge in [0.1, 0.15) is 0 Å². The van der Waals surface area contributed by atoms with E-state index in [4.69, 9.17) is 26.1 Å². The molecule has 6 nitrogen and oxygen atoms in total. The third-order valence-corrected chi connectivity index (χ3v) is 5.52. The van der Waals surface area contributed by atoms with E-state index in [1.165, 1.54) is 32.4 Å². The predicted octanol–water partition coefficient (Wildman–Crippen LogP) is 1.78. The van der Waals surface area contributed by atoms with Crippen molar-refractivity contribution in [1.82, 2.24) is 10.6 Å². The third kappa shape index (κ3) is 4.54. The lowest BCUT2D eigenvalue weighted by molar-refractivity contribution is -0.936. The van der Waals surface area contributed by atoms with E-state index < -0.39 is 0 Å². The molecule has 0 radical (unpaired) electrons. The first-order chi connectivity index (χ1) is 13.3. The predicted molar refractivity (Wildman–Crippen MR) is 106 cm³/mol. The molecule has 0 unspecified atom stereocenters. The molecule has 1 aromatic heterocycles. The number of likely N-dealkylation sites (tertiary alicyclic amines) is 1. The molecule has 27 heavy (non-hydrogen) atoms. The number of benzene rings is 1. The summed E-state index contributed by atoms with van der Waals surface area (Å²) in [5.74, 6) is 2.61. The summed E-state index contributed by atoms with van der Waals surface area (Å²) < 4.78 is 16.5. The Kier molecular flexibility index (Phi) is 5.79. The van der Waals surface area contributed by atoms with Crippen LogP contribution in [0.3, 0.4) is 0 Å². The summed E-state index contributed by atoms with van der Waals surface area (Å²) in [5, 5.41) is 7.31. The molecule has 2 aromatic rings. The number of thiocarbonyl (C=S) groups is 1. The maximum atomic E-state index is 5.70. The Hall–Kier alpha value is -2.25. The number of ether oxygens (including phenoxy) is 2. The maximum absolute atomic E-state index is 5.70. The molecule has 1 fully saturated rings. The summed E-state index contributed by atoms with van der Waals surface area (Å²) in [6.45, 7) is 4.06. The molecule has 7 heteroatoms. The van der Waals surface area contributed by atoms with Gasteiger partial charge in [-0.3, -0.25) is 0 Å². The van der Waals surface area contributed by atoms with Gasteiger partial charge in [-0.2, -0.15) is 0 Å². The van der Waals surface area contributed by atoms with Crippen molar-refractivity contribution in [3.63, 3.8) is 0 Å². The van der Waals surface area contributed by atoms with Crippen molar-refractivity contribution < 1.29 is 18.8 Å². The molecule has 2 aliphatic heterocycles. The van der Waals surface area contributed by atoms with Crippen LogP contribution in [0.4, 0.5) is 0 Å². The lowest BCUT2D eigenvalue weighted by Crippen LogP contribution is -3.13. The smallest absolute Gasteiger partial charge is 0.231 e. The molecule has 0 spiro atoms. The van der Waals surface area contributed by atoms with Crippen molar-refractivity contribution in [2.24, 2.45) is 0 Å². The first-order valence-electron chi connectivity index (χ1n) is 9.58. The molecule has 3 N–H and O–H groups in total. The van der Waals surface area contributed by atoms with Gasteiger partial charge in [-0.15, -0.1) is 0 Å². The minimum absolute atomic E-state index is 0.283. The average Bonchev–Trinajstić information content (AvgIpc) is 3.39. The van der Waals surface area contributed by atoms with Crippen LogP contribution >= 0.6 is 12.2 Å². The van der Waals surface area contributed by atoms with E-state index in [2.05, 4.69) is 16.7 Å². The Bertz CT molecular complexity index is 760. The van der Waals surface area contributed by atoms with Crippen LogP contribution in [0.25, 0.3) is 0 Å².